The molecule has 2 aliphatic carbocycles. The predicted octanol–water partition coefficient (Wildman–Crippen LogP) is 2.64. The summed E-state index contributed by atoms with van der Waals surface area (Å²) < 4.78 is 10.7. The van der Waals surface area contributed by atoms with Crippen LogP contribution in [0.1, 0.15) is 44.6 Å². The molecule has 3 unspecified atom stereocenters. The van der Waals surface area contributed by atoms with Gasteiger partial charge in [-0.3, -0.25) is 14.4 Å². The first-order chi connectivity index (χ1) is 13.0. The van der Waals surface area contributed by atoms with Crippen molar-refractivity contribution >= 4 is 17.7 Å². The van der Waals surface area contributed by atoms with Crippen LogP contribution in [0.4, 0.5) is 0 Å². The van der Waals surface area contributed by atoms with Gasteiger partial charge in [0.25, 0.3) is 5.91 Å². The standard InChI is InChI=1S/C21H27NO5/c1-13(20(24)22-12-16-6-3-4-9-18(16)26-2)27-21(25)17-10-14-7-5-8-15(11-17)19(14)23/h3-4,6,9,13-15,17H,5,7-8,10-12H2,1-2H3,(H,22,24). The van der Waals surface area contributed by atoms with Crippen molar-refractivity contribution in [2.24, 2.45) is 17.8 Å². The lowest BCUT2D eigenvalue weighted by atomic mass is 9.67. The van der Waals surface area contributed by atoms with Crippen LogP contribution in [0.25, 0.3) is 0 Å². The minimum absolute atomic E-state index is 0.00951. The van der Waals surface area contributed by atoms with Gasteiger partial charge in [0.2, 0.25) is 0 Å². The van der Waals surface area contributed by atoms with E-state index in [2.05, 4.69) is 5.32 Å². The van der Waals surface area contributed by atoms with Crippen molar-refractivity contribution in [3.63, 3.8) is 0 Å². The molecule has 1 amide bonds. The average Bonchev–Trinajstić information content (AvgIpc) is 2.65. The summed E-state index contributed by atoms with van der Waals surface area (Å²) in [6.07, 6.45) is 3.05. The van der Waals surface area contributed by atoms with E-state index in [-0.39, 0.29) is 29.6 Å². The fraction of sp³-hybridized carbons (Fsp3) is 0.571. The van der Waals surface area contributed by atoms with E-state index in [9.17, 15) is 14.4 Å². The van der Waals surface area contributed by atoms with Gasteiger partial charge in [0.15, 0.2) is 6.10 Å². The quantitative estimate of drug-likeness (QED) is 0.775. The maximum Gasteiger partial charge on any atom is 0.309 e. The number of ketones is 1. The van der Waals surface area contributed by atoms with Crippen LogP contribution in [0.15, 0.2) is 24.3 Å². The normalized spacial score (nSPS) is 25.4. The van der Waals surface area contributed by atoms with Gasteiger partial charge < -0.3 is 14.8 Å². The van der Waals surface area contributed by atoms with Crippen molar-refractivity contribution in [3.8, 4) is 5.75 Å². The van der Waals surface area contributed by atoms with Crippen molar-refractivity contribution in [3.05, 3.63) is 29.8 Å². The highest BCUT2D eigenvalue weighted by molar-refractivity contribution is 5.88. The molecule has 2 saturated carbocycles. The fourth-order valence-corrected chi connectivity index (χ4v) is 4.17. The van der Waals surface area contributed by atoms with E-state index in [1.807, 2.05) is 24.3 Å². The number of hydrogen-bond donors (Lipinski definition) is 1. The highest BCUT2D eigenvalue weighted by Gasteiger charge is 2.42. The van der Waals surface area contributed by atoms with Gasteiger partial charge in [-0.05, 0) is 38.7 Å². The Balaban J connectivity index is 1.50. The molecule has 0 spiro atoms. The molecule has 6 heteroatoms. The summed E-state index contributed by atoms with van der Waals surface area (Å²) in [5.41, 5.74) is 0.852. The van der Waals surface area contributed by atoms with Crippen molar-refractivity contribution in [2.75, 3.05) is 7.11 Å². The second kappa shape index (κ2) is 8.55. The van der Waals surface area contributed by atoms with Crippen molar-refractivity contribution in [2.45, 2.75) is 51.7 Å². The Kier molecular flexibility index (Phi) is 6.14. The average molecular weight is 373 g/mol. The Morgan fingerprint density at radius 2 is 1.85 bits per heavy atom. The topological polar surface area (TPSA) is 81.7 Å². The Bertz CT molecular complexity index is 700. The largest absolute Gasteiger partial charge is 0.496 e. The molecule has 1 aromatic rings. The molecule has 1 N–H and O–H groups in total. The summed E-state index contributed by atoms with van der Waals surface area (Å²) in [5.74, 6) is 0.00589. The van der Waals surface area contributed by atoms with Crippen LogP contribution in [-0.4, -0.2) is 30.9 Å². The van der Waals surface area contributed by atoms with Gasteiger partial charge in [-0.15, -0.1) is 0 Å². The zero-order chi connectivity index (χ0) is 19.4. The molecule has 1 aromatic carbocycles. The Morgan fingerprint density at radius 1 is 1.19 bits per heavy atom. The number of nitrogens with one attached hydrogen (secondary N) is 1. The van der Waals surface area contributed by atoms with E-state index < -0.39 is 6.10 Å². The summed E-state index contributed by atoms with van der Waals surface area (Å²) in [7, 11) is 1.58. The molecule has 0 saturated heterocycles. The third-order valence-corrected chi connectivity index (χ3v) is 5.69. The van der Waals surface area contributed by atoms with Gasteiger partial charge >= 0.3 is 5.97 Å². The molecule has 0 aromatic heterocycles. The molecule has 3 atom stereocenters. The molecule has 27 heavy (non-hydrogen) atoms. The van der Waals surface area contributed by atoms with Gasteiger partial charge in [0.05, 0.1) is 13.0 Å². The van der Waals surface area contributed by atoms with Gasteiger partial charge in [-0.2, -0.15) is 0 Å². The van der Waals surface area contributed by atoms with E-state index in [1.165, 1.54) is 0 Å². The molecule has 146 valence electrons. The van der Waals surface area contributed by atoms with Crippen LogP contribution in [0.3, 0.4) is 0 Å². The third-order valence-electron chi connectivity index (χ3n) is 5.69. The first-order valence-electron chi connectivity index (χ1n) is 9.63. The number of fused-ring (bicyclic) bond motifs is 2. The molecule has 6 nitrogen and oxygen atoms in total. The summed E-state index contributed by atoms with van der Waals surface area (Å²) >= 11 is 0. The molecule has 2 bridgehead atoms. The summed E-state index contributed by atoms with van der Waals surface area (Å²) in [5, 5.41) is 2.78. The summed E-state index contributed by atoms with van der Waals surface area (Å²) in [6.45, 7) is 1.87. The lowest BCUT2D eigenvalue weighted by Crippen LogP contribution is -2.42. The van der Waals surface area contributed by atoms with Crippen LogP contribution in [0, 0.1) is 17.8 Å². The molecule has 0 heterocycles. The molecule has 2 aliphatic rings. The number of Topliss-reactive ketones (excluding diaryl/α,β-unsaturated/α-hetero) is 1. The maximum absolute atomic E-state index is 12.5. The molecule has 0 aliphatic heterocycles. The maximum atomic E-state index is 12.5. The van der Waals surface area contributed by atoms with Crippen LogP contribution in [-0.2, 0) is 25.7 Å². The molecular formula is C21H27NO5. The third kappa shape index (κ3) is 4.49. The van der Waals surface area contributed by atoms with Crippen molar-refractivity contribution in [1.82, 2.24) is 5.32 Å². The van der Waals surface area contributed by atoms with Crippen LogP contribution < -0.4 is 10.1 Å². The monoisotopic (exact) mass is 373 g/mol. The summed E-state index contributed by atoms with van der Waals surface area (Å²) in [6, 6.07) is 7.42. The van der Waals surface area contributed by atoms with Gasteiger partial charge in [0, 0.05) is 23.9 Å². The minimum atomic E-state index is -0.871. The smallest absolute Gasteiger partial charge is 0.309 e. The number of hydrogen-bond acceptors (Lipinski definition) is 5. The molecule has 3 rings (SSSR count). The Labute approximate surface area is 159 Å². The SMILES string of the molecule is COc1ccccc1CNC(=O)C(C)OC(=O)C1CC2CCCC(C1)C2=O. The number of para-hydroxylation sites is 1. The van der Waals surface area contributed by atoms with E-state index in [1.54, 1.807) is 14.0 Å². The second-order valence-corrected chi connectivity index (χ2v) is 7.50. The van der Waals surface area contributed by atoms with Gasteiger partial charge in [-0.1, -0.05) is 24.6 Å². The first kappa shape index (κ1) is 19.4. The zero-order valence-electron chi connectivity index (χ0n) is 15.9. The van der Waals surface area contributed by atoms with Crippen LogP contribution in [0.5, 0.6) is 5.75 Å². The number of ether oxygens (including phenoxy) is 2. The predicted molar refractivity (Wildman–Crippen MR) is 99.0 cm³/mol. The Hall–Kier alpha value is -2.37. The summed E-state index contributed by atoms with van der Waals surface area (Å²) in [4.78, 5) is 36.9. The number of amides is 1. The highest BCUT2D eigenvalue weighted by atomic mass is 16.5. The van der Waals surface area contributed by atoms with Crippen molar-refractivity contribution < 1.29 is 23.9 Å². The van der Waals surface area contributed by atoms with E-state index >= 15 is 0 Å². The first-order valence-corrected chi connectivity index (χ1v) is 9.63. The number of carbonyl (C=O) groups is 3. The number of carbonyl (C=O) groups excluding carboxylic acids is 3. The minimum Gasteiger partial charge on any atom is -0.496 e. The lowest BCUT2D eigenvalue weighted by molar-refractivity contribution is -0.162. The molecular weight excluding hydrogens is 346 g/mol. The zero-order valence-corrected chi connectivity index (χ0v) is 15.9. The van der Waals surface area contributed by atoms with Crippen LogP contribution in [0.2, 0.25) is 0 Å². The second-order valence-electron chi connectivity index (χ2n) is 7.50. The van der Waals surface area contributed by atoms with Gasteiger partial charge in [0.1, 0.15) is 11.5 Å². The van der Waals surface area contributed by atoms with E-state index in [0.29, 0.717) is 30.9 Å². The number of esters is 1. The van der Waals surface area contributed by atoms with Gasteiger partial charge in [-0.25, -0.2) is 0 Å². The number of rotatable bonds is 6. The number of benzene rings is 1. The van der Waals surface area contributed by atoms with E-state index in [0.717, 1.165) is 24.8 Å². The Morgan fingerprint density at radius 3 is 2.52 bits per heavy atom. The van der Waals surface area contributed by atoms with Crippen LogP contribution >= 0.6 is 0 Å². The highest BCUT2D eigenvalue weighted by Crippen LogP contribution is 2.40. The lowest BCUT2D eigenvalue weighted by Gasteiger charge is -2.36. The fourth-order valence-electron chi connectivity index (χ4n) is 4.17. The van der Waals surface area contributed by atoms with Crippen molar-refractivity contribution in [1.29, 1.82) is 0 Å². The van der Waals surface area contributed by atoms with E-state index in [4.69, 9.17) is 9.47 Å². The molecule has 0 radical (unpaired) electrons. The number of methoxy groups -OCH3 is 1. The molecule has 2 fully saturated rings.